The van der Waals surface area contributed by atoms with E-state index >= 15 is 0 Å². The molecule has 2 aliphatic heterocycles. The van der Waals surface area contributed by atoms with E-state index in [-0.39, 0.29) is 17.2 Å². The molecule has 0 atom stereocenters. The van der Waals surface area contributed by atoms with E-state index in [0.717, 1.165) is 29.7 Å². The number of methoxy groups -OCH3 is 1. The maximum atomic E-state index is 13.1. The highest BCUT2D eigenvalue weighted by atomic mass is 19.4. The molecule has 206 valence electrons. The normalized spacial score (nSPS) is 15.8. The Morgan fingerprint density at radius 1 is 1.16 bits per heavy atom. The molecular weight excluding hydrogens is 507 g/mol. The minimum atomic E-state index is -5.08. The molecule has 0 bridgehead atoms. The molecule has 9 nitrogen and oxygen atoms in total. The van der Waals surface area contributed by atoms with Crippen LogP contribution in [0.1, 0.15) is 38.2 Å². The molecule has 3 heterocycles. The summed E-state index contributed by atoms with van der Waals surface area (Å²) < 4.78 is 42.7. The predicted octanol–water partition coefficient (Wildman–Crippen LogP) is 3.70. The molecule has 0 aliphatic carbocycles. The number of fused-ring (bicyclic) bond motifs is 2. The van der Waals surface area contributed by atoms with Crippen molar-refractivity contribution in [1.82, 2.24) is 10.3 Å². The molecule has 2 aromatic rings. The number of benzene rings is 1. The van der Waals surface area contributed by atoms with Crippen LogP contribution in [0.4, 0.5) is 18.9 Å². The fourth-order valence-corrected chi connectivity index (χ4v) is 4.60. The van der Waals surface area contributed by atoms with E-state index in [1.165, 1.54) is 12.5 Å². The number of hydrogen-bond acceptors (Lipinski definition) is 6. The summed E-state index contributed by atoms with van der Waals surface area (Å²) in [5, 5.41) is 9.89. The van der Waals surface area contributed by atoms with Crippen molar-refractivity contribution in [2.24, 2.45) is 0 Å². The number of ether oxygens (including phenoxy) is 2. The van der Waals surface area contributed by atoms with Gasteiger partial charge in [-0.25, -0.2) is 9.78 Å². The third-order valence-corrected chi connectivity index (χ3v) is 6.53. The lowest BCUT2D eigenvalue weighted by Gasteiger charge is -2.34. The molecule has 0 saturated carbocycles. The van der Waals surface area contributed by atoms with E-state index in [2.05, 4.69) is 28.5 Å². The Hall–Kier alpha value is -3.67. The van der Waals surface area contributed by atoms with Crippen LogP contribution in [0.5, 0.6) is 5.88 Å². The number of carbonyl (C=O) groups is 3. The van der Waals surface area contributed by atoms with Gasteiger partial charge in [0, 0.05) is 63.0 Å². The van der Waals surface area contributed by atoms with Gasteiger partial charge in [-0.15, -0.1) is 0 Å². The summed E-state index contributed by atoms with van der Waals surface area (Å²) in [5.41, 5.74) is 4.27. The monoisotopic (exact) mass is 537 g/mol. The number of nitrogens with zero attached hydrogens (tertiary/aromatic N) is 2. The molecule has 2 amide bonds. The molecule has 1 spiro atoms. The average Bonchev–Trinajstić information content (AvgIpc) is 3.19. The van der Waals surface area contributed by atoms with Crippen LogP contribution in [-0.2, 0) is 24.5 Å². The highest BCUT2D eigenvalue weighted by Gasteiger charge is 2.45. The second-order valence-corrected chi connectivity index (χ2v) is 9.08. The summed E-state index contributed by atoms with van der Waals surface area (Å²) in [7, 11) is 1.61. The highest BCUT2D eigenvalue weighted by Crippen LogP contribution is 2.48. The molecule has 0 radical (unpaired) electrons. The van der Waals surface area contributed by atoms with Crippen molar-refractivity contribution in [2.45, 2.75) is 44.2 Å². The lowest BCUT2D eigenvalue weighted by molar-refractivity contribution is -0.192. The maximum Gasteiger partial charge on any atom is 0.490 e. The van der Waals surface area contributed by atoms with E-state index < -0.39 is 12.1 Å². The number of aliphatic carboxylic acids is 1. The summed E-state index contributed by atoms with van der Waals surface area (Å²) in [6, 6.07) is 10.2. The quantitative estimate of drug-likeness (QED) is 0.540. The summed E-state index contributed by atoms with van der Waals surface area (Å²) in [6.45, 7) is 4.11. The second-order valence-electron chi connectivity index (χ2n) is 9.08. The van der Waals surface area contributed by atoms with Crippen LogP contribution >= 0.6 is 0 Å². The summed E-state index contributed by atoms with van der Waals surface area (Å²) >= 11 is 0. The van der Waals surface area contributed by atoms with Crippen molar-refractivity contribution in [1.29, 1.82) is 0 Å². The smallest absolute Gasteiger partial charge is 0.481 e. The second kappa shape index (κ2) is 12.2. The van der Waals surface area contributed by atoms with Gasteiger partial charge in [0.15, 0.2) is 0 Å². The number of rotatable bonds is 6. The Morgan fingerprint density at radius 3 is 2.42 bits per heavy atom. The molecule has 38 heavy (non-hydrogen) atoms. The van der Waals surface area contributed by atoms with Gasteiger partial charge in [-0.2, -0.15) is 13.2 Å². The first-order valence-corrected chi connectivity index (χ1v) is 12.0. The zero-order chi connectivity index (χ0) is 27.9. The van der Waals surface area contributed by atoms with Gasteiger partial charge in [0.25, 0.3) is 0 Å². The van der Waals surface area contributed by atoms with E-state index in [4.69, 9.17) is 19.4 Å². The van der Waals surface area contributed by atoms with Gasteiger partial charge in [0.2, 0.25) is 17.7 Å². The van der Waals surface area contributed by atoms with Crippen molar-refractivity contribution in [2.75, 3.05) is 38.3 Å². The number of carboxylic acid groups (broad SMARTS) is 1. The number of pyridine rings is 1. The van der Waals surface area contributed by atoms with Crippen molar-refractivity contribution >= 4 is 23.5 Å². The number of alkyl halides is 3. The predicted molar refractivity (Wildman–Crippen MR) is 132 cm³/mol. The third-order valence-electron chi connectivity index (χ3n) is 6.53. The van der Waals surface area contributed by atoms with Crippen LogP contribution < -0.4 is 15.0 Å². The minimum Gasteiger partial charge on any atom is -0.481 e. The molecule has 4 rings (SSSR count). The molecule has 1 fully saturated rings. The summed E-state index contributed by atoms with van der Waals surface area (Å²) in [4.78, 5) is 39.2. The number of anilines is 1. The topological polar surface area (TPSA) is 118 Å². The Kier molecular flexibility index (Phi) is 9.31. The van der Waals surface area contributed by atoms with Crippen LogP contribution in [-0.4, -0.2) is 67.5 Å². The SMILES string of the molecule is COc1cc(-c2ccc3c(c2)C2(CCOCC2)CN3C(=O)CCCNC(C)=O)ccn1.O=C(O)C(F)(F)F. The number of carboxylic acids is 1. The van der Waals surface area contributed by atoms with Gasteiger partial charge in [-0.3, -0.25) is 9.59 Å². The number of halogens is 3. The molecule has 2 N–H and O–H groups in total. The number of hydrogen-bond donors (Lipinski definition) is 2. The van der Waals surface area contributed by atoms with Gasteiger partial charge >= 0.3 is 12.1 Å². The van der Waals surface area contributed by atoms with Crippen LogP contribution in [0.25, 0.3) is 11.1 Å². The average molecular weight is 538 g/mol. The number of nitrogens with one attached hydrogen (secondary N) is 1. The van der Waals surface area contributed by atoms with E-state index in [1.807, 2.05) is 17.0 Å². The van der Waals surface area contributed by atoms with Gasteiger partial charge in [-0.05, 0) is 54.2 Å². The van der Waals surface area contributed by atoms with Crippen LogP contribution in [0.15, 0.2) is 36.5 Å². The largest absolute Gasteiger partial charge is 0.490 e. The van der Waals surface area contributed by atoms with Crippen LogP contribution in [0.3, 0.4) is 0 Å². The zero-order valence-electron chi connectivity index (χ0n) is 21.1. The summed E-state index contributed by atoms with van der Waals surface area (Å²) in [6.07, 6.45) is -0.487. The molecule has 1 saturated heterocycles. The van der Waals surface area contributed by atoms with Gasteiger partial charge < -0.3 is 24.8 Å². The van der Waals surface area contributed by atoms with Gasteiger partial charge in [-0.1, -0.05) is 6.07 Å². The van der Waals surface area contributed by atoms with Crippen molar-refractivity contribution in [3.05, 3.63) is 42.1 Å². The van der Waals surface area contributed by atoms with E-state index in [9.17, 15) is 22.8 Å². The fraction of sp³-hybridized carbons (Fsp3) is 0.462. The molecule has 1 aromatic heterocycles. The Bertz CT molecular complexity index is 1170. The molecule has 0 unspecified atom stereocenters. The van der Waals surface area contributed by atoms with Gasteiger partial charge in [0.05, 0.1) is 7.11 Å². The van der Waals surface area contributed by atoms with Crippen molar-refractivity contribution < 1.29 is 42.1 Å². The van der Waals surface area contributed by atoms with Crippen LogP contribution in [0, 0.1) is 0 Å². The van der Waals surface area contributed by atoms with Gasteiger partial charge in [0.1, 0.15) is 0 Å². The number of aromatic nitrogens is 1. The minimum absolute atomic E-state index is 0.0691. The van der Waals surface area contributed by atoms with E-state index in [0.29, 0.717) is 45.0 Å². The lowest BCUT2D eigenvalue weighted by Crippen LogP contribution is -2.40. The zero-order valence-corrected chi connectivity index (χ0v) is 21.1. The Morgan fingerprint density at radius 2 is 1.82 bits per heavy atom. The number of amides is 2. The Labute approximate surface area is 217 Å². The highest BCUT2D eigenvalue weighted by molar-refractivity contribution is 5.97. The molecule has 12 heteroatoms. The van der Waals surface area contributed by atoms with E-state index in [1.54, 1.807) is 13.3 Å². The Balaban J connectivity index is 0.000000505. The molecule has 2 aliphatic rings. The first-order valence-electron chi connectivity index (χ1n) is 12.0. The third kappa shape index (κ3) is 7.00. The first-order chi connectivity index (χ1) is 18.0. The van der Waals surface area contributed by atoms with Crippen molar-refractivity contribution in [3.8, 4) is 17.0 Å². The molecular formula is C26H30F3N3O6. The lowest BCUT2D eigenvalue weighted by atomic mass is 9.75. The first kappa shape index (κ1) is 28.9. The maximum absolute atomic E-state index is 13.1. The molecule has 1 aromatic carbocycles. The number of carbonyl (C=O) groups excluding carboxylic acids is 2. The van der Waals surface area contributed by atoms with Crippen LogP contribution in [0.2, 0.25) is 0 Å². The standard InChI is InChI=1S/C24H29N3O4.C2HF3O2/c1-17(28)25-10-3-4-23(29)27-16-24(8-12-31-13-9-24)20-14-18(5-6-21(20)27)19-7-11-26-22(15-19)30-2;3-2(4,5)1(6)7/h5-7,11,14-15H,3-4,8-10,12-13,16H2,1-2H3,(H,25,28);(H,6,7). The summed E-state index contributed by atoms with van der Waals surface area (Å²) in [5.74, 6) is -2.14. The van der Waals surface area contributed by atoms with Crippen molar-refractivity contribution in [3.63, 3.8) is 0 Å². The fourth-order valence-electron chi connectivity index (χ4n) is 4.60.